The summed E-state index contributed by atoms with van der Waals surface area (Å²) in [6, 6.07) is 5.60. The van der Waals surface area contributed by atoms with E-state index in [4.69, 9.17) is 23.2 Å². The number of aryl methyl sites for hydroxylation is 1. The molecule has 0 saturated carbocycles. The van der Waals surface area contributed by atoms with E-state index in [0.717, 1.165) is 41.5 Å². The maximum absolute atomic E-state index is 6.10. The molecule has 0 aliphatic rings. The van der Waals surface area contributed by atoms with Crippen molar-refractivity contribution in [2.75, 3.05) is 6.54 Å². The Morgan fingerprint density at radius 3 is 2.83 bits per heavy atom. The molecule has 2 N–H and O–H groups in total. The molecule has 18 heavy (non-hydrogen) atoms. The largest absolute Gasteiger partial charge is 0.348 e. The number of halogens is 2. The van der Waals surface area contributed by atoms with E-state index in [9.17, 15) is 0 Å². The van der Waals surface area contributed by atoms with Crippen LogP contribution in [0.5, 0.6) is 0 Å². The second kappa shape index (κ2) is 6.23. The third kappa shape index (κ3) is 3.48. The molecule has 3 nitrogen and oxygen atoms in total. The van der Waals surface area contributed by atoms with Crippen LogP contribution in [0.15, 0.2) is 24.5 Å². The number of rotatable bonds is 5. The summed E-state index contributed by atoms with van der Waals surface area (Å²) in [7, 11) is 0. The van der Waals surface area contributed by atoms with E-state index in [0.29, 0.717) is 5.02 Å². The van der Waals surface area contributed by atoms with Gasteiger partial charge in [-0.1, -0.05) is 29.3 Å². The number of H-pyrrole nitrogens is 1. The van der Waals surface area contributed by atoms with Gasteiger partial charge in [0, 0.05) is 22.3 Å². The number of benzene rings is 1. The Bertz CT molecular complexity index is 523. The molecule has 1 aromatic heterocycles. The van der Waals surface area contributed by atoms with Gasteiger partial charge in [-0.15, -0.1) is 0 Å². The van der Waals surface area contributed by atoms with E-state index in [-0.39, 0.29) is 0 Å². The highest BCUT2D eigenvalue weighted by atomic mass is 35.5. The summed E-state index contributed by atoms with van der Waals surface area (Å²) in [4.78, 5) is 7.28. The first-order valence-corrected chi connectivity index (χ1v) is 6.56. The van der Waals surface area contributed by atoms with E-state index in [2.05, 4.69) is 15.3 Å². The Balaban J connectivity index is 1.80. The molecule has 0 spiro atoms. The van der Waals surface area contributed by atoms with Gasteiger partial charge in [-0.25, -0.2) is 4.98 Å². The highest BCUT2D eigenvalue weighted by Gasteiger charge is 2.02. The van der Waals surface area contributed by atoms with Crippen molar-refractivity contribution in [2.45, 2.75) is 19.9 Å². The van der Waals surface area contributed by atoms with Gasteiger partial charge in [-0.3, -0.25) is 0 Å². The Morgan fingerprint density at radius 1 is 1.33 bits per heavy atom. The summed E-state index contributed by atoms with van der Waals surface area (Å²) in [6.07, 6.45) is 2.59. The molecule has 1 aromatic carbocycles. The number of hydrogen-bond acceptors (Lipinski definition) is 2. The van der Waals surface area contributed by atoms with Gasteiger partial charge in [-0.2, -0.15) is 0 Å². The summed E-state index contributed by atoms with van der Waals surface area (Å²) < 4.78 is 0. The first kappa shape index (κ1) is 13.4. The van der Waals surface area contributed by atoms with Crippen molar-refractivity contribution >= 4 is 23.2 Å². The number of hydrogen-bond donors (Lipinski definition) is 2. The van der Waals surface area contributed by atoms with Gasteiger partial charge in [0.05, 0.1) is 12.0 Å². The molecular weight excluding hydrogens is 269 g/mol. The Kier molecular flexibility index (Phi) is 4.64. The van der Waals surface area contributed by atoms with E-state index < -0.39 is 0 Å². The SMILES string of the molecule is Cc1[nH]cnc1CNCCc1ccc(Cl)cc1Cl. The first-order valence-electron chi connectivity index (χ1n) is 5.80. The van der Waals surface area contributed by atoms with Gasteiger partial charge in [0.2, 0.25) is 0 Å². The highest BCUT2D eigenvalue weighted by Crippen LogP contribution is 2.21. The molecule has 0 saturated heterocycles. The fourth-order valence-electron chi connectivity index (χ4n) is 1.72. The van der Waals surface area contributed by atoms with Gasteiger partial charge in [0.1, 0.15) is 0 Å². The van der Waals surface area contributed by atoms with E-state index in [1.165, 1.54) is 0 Å². The average molecular weight is 284 g/mol. The Labute approximate surface area is 117 Å². The highest BCUT2D eigenvalue weighted by molar-refractivity contribution is 6.35. The quantitative estimate of drug-likeness (QED) is 0.827. The molecule has 0 aliphatic carbocycles. The van der Waals surface area contributed by atoms with Crippen LogP contribution in [-0.2, 0) is 13.0 Å². The molecule has 0 radical (unpaired) electrons. The van der Waals surface area contributed by atoms with Crippen molar-refractivity contribution in [1.82, 2.24) is 15.3 Å². The fourth-order valence-corrected chi connectivity index (χ4v) is 2.22. The summed E-state index contributed by atoms with van der Waals surface area (Å²) in [6.45, 7) is 3.63. The van der Waals surface area contributed by atoms with Gasteiger partial charge < -0.3 is 10.3 Å². The van der Waals surface area contributed by atoms with Crippen LogP contribution >= 0.6 is 23.2 Å². The summed E-state index contributed by atoms with van der Waals surface area (Å²) in [5.41, 5.74) is 3.26. The van der Waals surface area contributed by atoms with Gasteiger partial charge in [0.15, 0.2) is 0 Å². The van der Waals surface area contributed by atoms with Crippen LogP contribution in [0.25, 0.3) is 0 Å². The third-order valence-electron chi connectivity index (χ3n) is 2.81. The molecule has 2 rings (SSSR count). The molecule has 2 aromatic rings. The lowest BCUT2D eigenvalue weighted by atomic mass is 10.1. The predicted octanol–water partition coefficient (Wildman–Crippen LogP) is 3.36. The summed E-state index contributed by atoms with van der Waals surface area (Å²) in [5.74, 6) is 0. The van der Waals surface area contributed by atoms with Gasteiger partial charge >= 0.3 is 0 Å². The van der Waals surface area contributed by atoms with Gasteiger partial charge in [0.25, 0.3) is 0 Å². The molecule has 0 bridgehead atoms. The number of nitrogens with zero attached hydrogens (tertiary/aromatic N) is 1. The number of aromatic amines is 1. The second-order valence-corrected chi connectivity index (χ2v) is 4.98. The minimum Gasteiger partial charge on any atom is -0.348 e. The summed E-state index contributed by atoms with van der Waals surface area (Å²) in [5, 5.41) is 4.74. The topological polar surface area (TPSA) is 40.7 Å². The molecular formula is C13H15Cl2N3. The smallest absolute Gasteiger partial charge is 0.0925 e. The van der Waals surface area contributed by atoms with Crippen LogP contribution in [0.4, 0.5) is 0 Å². The maximum atomic E-state index is 6.10. The Morgan fingerprint density at radius 2 is 2.17 bits per heavy atom. The van der Waals surface area contributed by atoms with Crippen LogP contribution in [0.2, 0.25) is 10.0 Å². The van der Waals surface area contributed by atoms with E-state index in [1.807, 2.05) is 19.1 Å². The van der Waals surface area contributed by atoms with Crippen molar-refractivity contribution in [3.63, 3.8) is 0 Å². The van der Waals surface area contributed by atoms with Gasteiger partial charge in [-0.05, 0) is 37.6 Å². The molecule has 0 atom stereocenters. The van der Waals surface area contributed by atoms with Crippen LogP contribution in [0.3, 0.4) is 0 Å². The first-order chi connectivity index (χ1) is 8.66. The second-order valence-electron chi connectivity index (χ2n) is 4.14. The minimum absolute atomic E-state index is 0.670. The van der Waals surface area contributed by atoms with Crippen molar-refractivity contribution in [3.05, 3.63) is 51.5 Å². The van der Waals surface area contributed by atoms with Crippen molar-refractivity contribution < 1.29 is 0 Å². The standard InChI is InChI=1S/C13H15Cl2N3/c1-9-13(18-8-17-9)7-16-5-4-10-2-3-11(14)6-12(10)15/h2-3,6,8,16H,4-5,7H2,1H3,(H,17,18). The molecule has 0 unspecified atom stereocenters. The normalized spacial score (nSPS) is 10.8. The van der Waals surface area contributed by atoms with Crippen LogP contribution in [0.1, 0.15) is 17.0 Å². The zero-order valence-electron chi connectivity index (χ0n) is 10.1. The molecule has 0 fully saturated rings. The number of imidazole rings is 1. The maximum Gasteiger partial charge on any atom is 0.0925 e. The number of aromatic nitrogens is 2. The summed E-state index contributed by atoms with van der Waals surface area (Å²) >= 11 is 12.0. The minimum atomic E-state index is 0.670. The lowest BCUT2D eigenvalue weighted by Gasteiger charge is -2.06. The van der Waals surface area contributed by atoms with Crippen LogP contribution in [-0.4, -0.2) is 16.5 Å². The molecule has 1 heterocycles. The fraction of sp³-hybridized carbons (Fsp3) is 0.308. The monoisotopic (exact) mass is 283 g/mol. The van der Waals surface area contributed by atoms with Crippen LogP contribution in [0, 0.1) is 6.92 Å². The predicted molar refractivity (Wildman–Crippen MR) is 75.2 cm³/mol. The van der Waals surface area contributed by atoms with Crippen molar-refractivity contribution in [2.24, 2.45) is 0 Å². The van der Waals surface area contributed by atoms with Crippen molar-refractivity contribution in [3.8, 4) is 0 Å². The third-order valence-corrected chi connectivity index (χ3v) is 3.40. The van der Waals surface area contributed by atoms with E-state index >= 15 is 0 Å². The zero-order chi connectivity index (χ0) is 13.0. The lowest BCUT2D eigenvalue weighted by Crippen LogP contribution is -2.17. The molecule has 96 valence electrons. The van der Waals surface area contributed by atoms with Crippen LogP contribution < -0.4 is 5.32 Å². The van der Waals surface area contributed by atoms with E-state index in [1.54, 1.807) is 12.4 Å². The lowest BCUT2D eigenvalue weighted by molar-refractivity contribution is 0.674. The number of nitrogens with one attached hydrogen (secondary N) is 2. The Hall–Kier alpha value is -1.03. The van der Waals surface area contributed by atoms with Crippen molar-refractivity contribution in [1.29, 1.82) is 0 Å². The zero-order valence-corrected chi connectivity index (χ0v) is 11.6. The molecule has 0 aliphatic heterocycles. The average Bonchev–Trinajstić information content (AvgIpc) is 2.73. The molecule has 0 amide bonds. The molecule has 5 heteroatoms.